The fourth-order valence-electron chi connectivity index (χ4n) is 3.67. The van der Waals surface area contributed by atoms with Gasteiger partial charge in [-0.05, 0) is 33.3 Å². The van der Waals surface area contributed by atoms with Gasteiger partial charge in [-0.2, -0.15) is 0 Å². The Morgan fingerprint density at radius 3 is 2.62 bits per heavy atom. The lowest BCUT2D eigenvalue weighted by Crippen LogP contribution is -2.19. The Morgan fingerprint density at radius 2 is 1.93 bits per heavy atom. The summed E-state index contributed by atoms with van der Waals surface area (Å²) in [5.41, 5.74) is 1.29. The summed E-state index contributed by atoms with van der Waals surface area (Å²) in [7, 11) is 0. The second kappa shape index (κ2) is 8.01. The number of hydrogen-bond acceptors (Lipinski definition) is 5. The van der Waals surface area contributed by atoms with Crippen molar-refractivity contribution in [1.82, 2.24) is 10.2 Å². The molecule has 0 radical (unpaired) electrons. The minimum absolute atomic E-state index is 0.0700. The average Bonchev–Trinajstić information content (AvgIpc) is 3.26. The summed E-state index contributed by atoms with van der Waals surface area (Å²) in [6.07, 6.45) is 0.940. The van der Waals surface area contributed by atoms with Crippen LogP contribution in [0.2, 0.25) is 5.02 Å². The van der Waals surface area contributed by atoms with Gasteiger partial charge in [0.25, 0.3) is 0 Å². The van der Waals surface area contributed by atoms with Gasteiger partial charge in [-0.3, -0.25) is 0 Å². The summed E-state index contributed by atoms with van der Waals surface area (Å²) < 4.78 is 26.4. The molecule has 1 saturated heterocycles. The molecule has 152 valence electrons. The predicted octanol–water partition coefficient (Wildman–Crippen LogP) is 6.25. The number of benzene rings is 2. The lowest BCUT2D eigenvalue weighted by Gasteiger charge is -2.16. The molecule has 1 aliphatic rings. The molecule has 2 unspecified atom stereocenters. The van der Waals surface area contributed by atoms with Crippen LogP contribution >= 0.6 is 22.9 Å². The number of hydrogen-bond donors (Lipinski definition) is 0. The van der Waals surface area contributed by atoms with Crippen molar-refractivity contribution in [3.05, 3.63) is 53.3 Å². The predicted molar refractivity (Wildman–Crippen MR) is 114 cm³/mol. The van der Waals surface area contributed by atoms with E-state index in [9.17, 15) is 4.39 Å². The van der Waals surface area contributed by atoms with E-state index in [-0.39, 0.29) is 23.4 Å². The highest BCUT2D eigenvalue weighted by Crippen LogP contribution is 2.38. The van der Waals surface area contributed by atoms with Crippen LogP contribution in [0.1, 0.15) is 27.2 Å². The van der Waals surface area contributed by atoms with Crippen LogP contribution in [0.4, 0.5) is 4.39 Å². The molecule has 29 heavy (non-hydrogen) atoms. The van der Waals surface area contributed by atoms with Crippen LogP contribution in [0.3, 0.4) is 0 Å². The van der Waals surface area contributed by atoms with Gasteiger partial charge in [-0.15, -0.1) is 10.2 Å². The number of nitrogens with zero attached hydrogens (tertiary/aromatic N) is 2. The standard InChI is InChI=1S/C22H22ClFN2O2S/c1-13-15(11-22(2,3)28-13)12-27-19-10-17(23)16(9-18(19)24)21-26-25-20(29-21)14-7-5-4-6-8-14/h4-10,13,15H,11-12H2,1-3H3. The zero-order chi connectivity index (χ0) is 20.6. The third kappa shape index (κ3) is 4.44. The highest BCUT2D eigenvalue weighted by Gasteiger charge is 2.38. The van der Waals surface area contributed by atoms with E-state index in [1.165, 1.54) is 23.5 Å². The maximum atomic E-state index is 14.7. The van der Waals surface area contributed by atoms with E-state index in [1.54, 1.807) is 0 Å². The molecular weight excluding hydrogens is 411 g/mol. The van der Waals surface area contributed by atoms with Crippen LogP contribution in [-0.4, -0.2) is 28.5 Å². The molecule has 1 aromatic heterocycles. The van der Waals surface area contributed by atoms with Gasteiger partial charge in [0.05, 0.1) is 23.3 Å². The van der Waals surface area contributed by atoms with Crippen LogP contribution < -0.4 is 4.74 Å². The van der Waals surface area contributed by atoms with Crippen molar-refractivity contribution in [3.63, 3.8) is 0 Å². The molecule has 0 aliphatic carbocycles. The molecule has 1 fully saturated rings. The Morgan fingerprint density at radius 1 is 1.21 bits per heavy atom. The highest BCUT2D eigenvalue weighted by atomic mass is 35.5. The molecule has 2 heterocycles. The van der Waals surface area contributed by atoms with E-state index in [0.29, 0.717) is 22.2 Å². The fraction of sp³-hybridized carbons (Fsp3) is 0.364. The molecular formula is C22H22ClFN2O2S. The van der Waals surface area contributed by atoms with E-state index >= 15 is 0 Å². The second-order valence-electron chi connectivity index (χ2n) is 7.90. The second-order valence-corrected chi connectivity index (χ2v) is 9.28. The van der Waals surface area contributed by atoms with Gasteiger partial charge in [0.15, 0.2) is 11.6 Å². The van der Waals surface area contributed by atoms with Crippen molar-refractivity contribution in [2.24, 2.45) is 5.92 Å². The topological polar surface area (TPSA) is 44.2 Å². The molecule has 2 atom stereocenters. The first-order chi connectivity index (χ1) is 13.8. The summed E-state index contributed by atoms with van der Waals surface area (Å²) >= 11 is 7.80. The van der Waals surface area contributed by atoms with Crippen molar-refractivity contribution in [3.8, 4) is 26.9 Å². The smallest absolute Gasteiger partial charge is 0.165 e. The maximum Gasteiger partial charge on any atom is 0.165 e. The summed E-state index contributed by atoms with van der Waals surface area (Å²) in [6.45, 7) is 6.52. The summed E-state index contributed by atoms with van der Waals surface area (Å²) in [5.74, 6) is -0.116. The molecule has 0 spiro atoms. The molecule has 0 bridgehead atoms. The van der Waals surface area contributed by atoms with Gasteiger partial charge in [-0.25, -0.2) is 4.39 Å². The van der Waals surface area contributed by atoms with Crippen molar-refractivity contribution < 1.29 is 13.9 Å². The van der Waals surface area contributed by atoms with Crippen molar-refractivity contribution >= 4 is 22.9 Å². The minimum atomic E-state index is -0.466. The average molecular weight is 433 g/mol. The molecule has 0 saturated carbocycles. The monoisotopic (exact) mass is 432 g/mol. The van der Waals surface area contributed by atoms with Crippen LogP contribution in [0.5, 0.6) is 5.75 Å². The first-order valence-corrected chi connectivity index (χ1v) is 10.7. The zero-order valence-electron chi connectivity index (χ0n) is 16.5. The number of rotatable bonds is 5. The van der Waals surface area contributed by atoms with Crippen molar-refractivity contribution in [2.75, 3.05) is 6.61 Å². The van der Waals surface area contributed by atoms with Gasteiger partial charge in [0, 0.05) is 23.1 Å². The van der Waals surface area contributed by atoms with Gasteiger partial charge in [0.1, 0.15) is 10.0 Å². The van der Waals surface area contributed by atoms with E-state index in [2.05, 4.69) is 24.0 Å². The van der Waals surface area contributed by atoms with Crippen LogP contribution in [0.15, 0.2) is 42.5 Å². The molecule has 0 amide bonds. The summed E-state index contributed by atoms with van der Waals surface area (Å²) in [6, 6.07) is 12.6. The van der Waals surface area contributed by atoms with Crippen molar-refractivity contribution in [1.29, 1.82) is 0 Å². The number of aromatic nitrogens is 2. The number of ether oxygens (including phenoxy) is 2. The Balaban J connectivity index is 1.51. The number of halogens is 2. The Hall–Kier alpha value is -2.02. The lowest BCUT2D eigenvalue weighted by molar-refractivity contribution is -0.0140. The van der Waals surface area contributed by atoms with Crippen molar-refractivity contribution in [2.45, 2.75) is 38.9 Å². The molecule has 0 N–H and O–H groups in total. The fourth-order valence-corrected chi connectivity index (χ4v) is 4.85. The normalized spacial score (nSPS) is 20.7. The third-order valence-corrected chi connectivity index (χ3v) is 6.39. The molecule has 1 aliphatic heterocycles. The highest BCUT2D eigenvalue weighted by molar-refractivity contribution is 7.18. The summed E-state index contributed by atoms with van der Waals surface area (Å²) in [5, 5.41) is 10.1. The van der Waals surface area contributed by atoms with Crippen LogP contribution in [0, 0.1) is 11.7 Å². The van der Waals surface area contributed by atoms with E-state index in [1.807, 2.05) is 37.3 Å². The maximum absolute atomic E-state index is 14.7. The van der Waals surface area contributed by atoms with E-state index < -0.39 is 5.82 Å². The van der Waals surface area contributed by atoms with Gasteiger partial charge >= 0.3 is 0 Å². The first kappa shape index (κ1) is 20.3. The quantitative estimate of drug-likeness (QED) is 0.478. The van der Waals surface area contributed by atoms with Gasteiger partial charge < -0.3 is 9.47 Å². The molecule has 2 aromatic carbocycles. The largest absolute Gasteiger partial charge is 0.490 e. The molecule has 4 nitrogen and oxygen atoms in total. The Bertz CT molecular complexity index is 1010. The molecule has 4 rings (SSSR count). The Labute approximate surface area is 178 Å². The van der Waals surface area contributed by atoms with Crippen LogP contribution in [0.25, 0.3) is 21.1 Å². The SMILES string of the molecule is CC1OC(C)(C)CC1COc1cc(Cl)c(-c2nnc(-c3ccccc3)s2)cc1F. The first-order valence-electron chi connectivity index (χ1n) is 9.51. The minimum Gasteiger partial charge on any atom is -0.490 e. The summed E-state index contributed by atoms with van der Waals surface area (Å²) in [4.78, 5) is 0. The van der Waals surface area contributed by atoms with Gasteiger partial charge in [0.2, 0.25) is 0 Å². The molecule has 7 heteroatoms. The van der Waals surface area contributed by atoms with Gasteiger partial charge in [-0.1, -0.05) is 53.3 Å². The lowest BCUT2D eigenvalue weighted by atomic mass is 9.95. The zero-order valence-corrected chi connectivity index (χ0v) is 18.1. The van der Waals surface area contributed by atoms with E-state index in [4.69, 9.17) is 21.1 Å². The third-order valence-electron chi connectivity index (χ3n) is 5.07. The van der Waals surface area contributed by atoms with Crippen LogP contribution in [-0.2, 0) is 4.74 Å². The Kier molecular flexibility index (Phi) is 5.60. The molecule has 3 aromatic rings. The van der Waals surface area contributed by atoms with E-state index in [0.717, 1.165) is 17.0 Å².